The minimum absolute atomic E-state index is 0.541. The number of rotatable bonds is 3. The Labute approximate surface area is 129 Å². The third-order valence-corrected chi connectivity index (χ3v) is 5.56. The van der Waals surface area contributed by atoms with Crippen molar-refractivity contribution < 1.29 is 0 Å². The van der Waals surface area contributed by atoms with Gasteiger partial charge in [0.25, 0.3) is 0 Å². The Bertz CT molecular complexity index is 433. The van der Waals surface area contributed by atoms with Crippen molar-refractivity contribution in [1.82, 2.24) is 10.2 Å². The number of hydrogen-bond acceptors (Lipinski definition) is 2. The van der Waals surface area contributed by atoms with E-state index >= 15 is 0 Å². The van der Waals surface area contributed by atoms with E-state index in [1.54, 1.807) is 0 Å². The van der Waals surface area contributed by atoms with Crippen LogP contribution < -0.4 is 5.32 Å². The molecule has 1 aliphatic heterocycles. The molecule has 0 amide bonds. The maximum absolute atomic E-state index is 3.79. The Morgan fingerprint density at radius 1 is 1.10 bits per heavy atom. The van der Waals surface area contributed by atoms with E-state index in [1.165, 1.54) is 56.3 Å². The lowest BCUT2D eigenvalue weighted by atomic mass is 9.83. The monoisotopic (exact) mass is 286 g/mol. The average molecular weight is 286 g/mol. The third kappa shape index (κ3) is 3.67. The molecule has 2 unspecified atom stereocenters. The van der Waals surface area contributed by atoms with Gasteiger partial charge in [0.1, 0.15) is 0 Å². The van der Waals surface area contributed by atoms with Gasteiger partial charge in [0.15, 0.2) is 0 Å². The highest BCUT2D eigenvalue weighted by molar-refractivity contribution is 5.24. The minimum atomic E-state index is 0.541. The number of piperazine rings is 1. The number of benzene rings is 1. The van der Waals surface area contributed by atoms with Gasteiger partial charge < -0.3 is 5.32 Å². The zero-order chi connectivity index (χ0) is 14.7. The summed E-state index contributed by atoms with van der Waals surface area (Å²) in [5.41, 5.74) is 2.82. The molecular formula is C19H30N2. The number of nitrogens with zero attached hydrogens (tertiary/aromatic N) is 1. The van der Waals surface area contributed by atoms with Gasteiger partial charge in [0.2, 0.25) is 0 Å². The van der Waals surface area contributed by atoms with Crippen LogP contribution in [0.5, 0.6) is 0 Å². The van der Waals surface area contributed by atoms with Gasteiger partial charge in [0.05, 0.1) is 0 Å². The second-order valence-electron chi connectivity index (χ2n) is 7.04. The topological polar surface area (TPSA) is 15.3 Å². The molecule has 2 aliphatic rings. The summed E-state index contributed by atoms with van der Waals surface area (Å²) in [6.07, 6.45) is 7.20. The Morgan fingerprint density at radius 3 is 2.52 bits per heavy atom. The van der Waals surface area contributed by atoms with Crippen molar-refractivity contribution in [2.45, 2.75) is 58.0 Å². The van der Waals surface area contributed by atoms with Crippen LogP contribution >= 0.6 is 0 Å². The SMILES string of the molecule is Cc1ccc(C(C)N2CCNC(C3CCCCC3)C2)cc1. The first kappa shape index (κ1) is 15.1. The summed E-state index contributed by atoms with van der Waals surface area (Å²) in [6.45, 7) is 8.08. The van der Waals surface area contributed by atoms with Crippen LogP contribution in [0.4, 0.5) is 0 Å². The van der Waals surface area contributed by atoms with Gasteiger partial charge >= 0.3 is 0 Å². The van der Waals surface area contributed by atoms with E-state index in [1.807, 2.05) is 0 Å². The van der Waals surface area contributed by atoms with Crippen molar-refractivity contribution in [2.75, 3.05) is 19.6 Å². The van der Waals surface area contributed by atoms with Crippen LogP contribution in [-0.4, -0.2) is 30.6 Å². The van der Waals surface area contributed by atoms with Crippen LogP contribution in [0.2, 0.25) is 0 Å². The zero-order valence-corrected chi connectivity index (χ0v) is 13.6. The van der Waals surface area contributed by atoms with Crippen LogP contribution in [0.25, 0.3) is 0 Å². The summed E-state index contributed by atoms with van der Waals surface area (Å²) in [7, 11) is 0. The standard InChI is InChI=1S/C19H30N2/c1-15-8-10-17(11-9-15)16(2)21-13-12-20-19(14-21)18-6-4-3-5-7-18/h8-11,16,18-20H,3-7,12-14H2,1-2H3. The zero-order valence-electron chi connectivity index (χ0n) is 13.6. The fraction of sp³-hybridized carbons (Fsp3) is 0.684. The highest BCUT2D eigenvalue weighted by Crippen LogP contribution is 2.30. The van der Waals surface area contributed by atoms with E-state index in [0.29, 0.717) is 12.1 Å². The molecule has 0 radical (unpaired) electrons. The van der Waals surface area contributed by atoms with Gasteiger partial charge in [-0.25, -0.2) is 0 Å². The molecule has 2 fully saturated rings. The molecule has 1 aliphatic carbocycles. The first-order chi connectivity index (χ1) is 10.2. The Balaban J connectivity index is 1.63. The lowest BCUT2D eigenvalue weighted by Gasteiger charge is -2.42. The van der Waals surface area contributed by atoms with Gasteiger partial charge in [0, 0.05) is 31.7 Å². The molecule has 21 heavy (non-hydrogen) atoms. The normalized spacial score (nSPS) is 26.7. The fourth-order valence-corrected chi connectivity index (χ4v) is 4.06. The maximum atomic E-state index is 3.79. The second-order valence-corrected chi connectivity index (χ2v) is 7.04. The summed E-state index contributed by atoms with van der Waals surface area (Å²) in [4.78, 5) is 2.68. The largest absolute Gasteiger partial charge is 0.311 e. The van der Waals surface area contributed by atoms with Gasteiger partial charge in [-0.2, -0.15) is 0 Å². The third-order valence-electron chi connectivity index (χ3n) is 5.56. The molecule has 1 heterocycles. The van der Waals surface area contributed by atoms with Crippen molar-refractivity contribution >= 4 is 0 Å². The lowest BCUT2D eigenvalue weighted by molar-refractivity contribution is 0.115. The van der Waals surface area contributed by atoms with E-state index in [2.05, 4.69) is 48.3 Å². The molecule has 0 bridgehead atoms. The van der Waals surface area contributed by atoms with E-state index in [0.717, 1.165) is 12.5 Å². The Kier molecular flexibility index (Phi) is 4.97. The van der Waals surface area contributed by atoms with E-state index < -0.39 is 0 Å². The smallest absolute Gasteiger partial charge is 0.0321 e. The first-order valence-electron chi connectivity index (χ1n) is 8.78. The first-order valence-corrected chi connectivity index (χ1v) is 8.78. The molecule has 1 saturated carbocycles. The Hall–Kier alpha value is -0.860. The highest BCUT2D eigenvalue weighted by Gasteiger charge is 2.30. The van der Waals surface area contributed by atoms with Crippen molar-refractivity contribution in [3.8, 4) is 0 Å². The van der Waals surface area contributed by atoms with E-state index in [-0.39, 0.29) is 0 Å². The molecule has 2 atom stereocenters. The van der Waals surface area contributed by atoms with Gasteiger partial charge in [-0.1, -0.05) is 49.1 Å². The van der Waals surface area contributed by atoms with Crippen LogP contribution in [0, 0.1) is 12.8 Å². The molecule has 2 heteroatoms. The second kappa shape index (κ2) is 6.93. The molecular weight excluding hydrogens is 256 g/mol. The molecule has 1 aromatic carbocycles. The summed E-state index contributed by atoms with van der Waals surface area (Å²) in [5.74, 6) is 0.909. The number of hydrogen-bond donors (Lipinski definition) is 1. The predicted molar refractivity (Wildman–Crippen MR) is 89.5 cm³/mol. The quantitative estimate of drug-likeness (QED) is 0.906. The lowest BCUT2D eigenvalue weighted by Crippen LogP contribution is -2.54. The maximum Gasteiger partial charge on any atom is 0.0321 e. The van der Waals surface area contributed by atoms with Gasteiger partial charge in [-0.05, 0) is 38.2 Å². The van der Waals surface area contributed by atoms with Gasteiger partial charge in [-0.15, -0.1) is 0 Å². The van der Waals surface area contributed by atoms with E-state index in [9.17, 15) is 0 Å². The number of aryl methyl sites for hydroxylation is 1. The summed E-state index contributed by atoms with van der Waals surface area (Å²) >= 11 is 0. The summed E-state index contributed by atoms with van der Waals surface area (Å²) in [6, 6.07) is 10.3. The van der Waals surface area contributed by atoms with Crippen LogP contribution in [0.1, 0.15) is 56.2 Å². The van der Waals surface area contributed by atoms with E-state index in [4.69, 9.17) is 0 Å². The summed E-state index contributed by atoms with van der Waals surface area (Å²) < 4.78 is 0. The fourth-order valence-electron chi connectivity index (χ4n) is 4.06. The molecule has 1 aromatic rings. The molecule has 1 saturated heterocycles. The van der Waals surface area contributed by atoms with Gasteiger partial charge in [-0.3, -0.25) is 4.90 Å². The minimum Gasteiger partial charge on any atom is -0.311 e. The van der Waals surface area contributed by atoms with Crippen LogP contribution in [-0.2, 0) is 0 Å². The van der Waals surface area contributed by atoms with Crippen LogP contribution in [0.3, 0.4) is 0 Å². The van der Waals surface area contributed by atoms with Crippen LogP contribution in [0.15, 0.2) is 24.3 Å². The average Bonchev–Trinajstić information content (AvgIpc) is 2.56. The molecule has 2 nitrogen and oxygen atoms in total. The molecule has 0 aromatic heterocycles. The van der Waals surface area contributed by atoms with Crippen molar-refractivity contribution in [1.29, 1.82) is 0 Å². The van der Waals surface area contributed by atoms with Crippen molar-refractivity contribution in [3.05, 3.63) is 35.4 Å². The predicted octanol–water partition coefficient (Wildman–Crippen LogP) is 3.91. The molecule has 3 rings (SSSR count). The number of nitrogens with one attached hydrogen (secondary N) is 1. The van der Waals surface area contributed by atoms with Crippen molar-refractivity contribution in [3.63, 3.8) is 0 Å². The highest BCUT2D eigenvalue weighted by atomic mass is 15.2. The molecule has 0 spiro atoms. The summed E-state index contributed by atoms with van der Waals surface area (Å²) in [5, 5.41) is 3.79. The Morgan fingerprint density at radius 2 is 1.81 bits per heavy atom. The molecule has 1 N–H and O–H groups in total. The van der Waals surface area contributed by atoms with Crippen molar-refractivity contribution in [2.24, 2.45) is 5.92 Å². The molecule has 116 valence electrons.